The Balaban J connectivity index is 0.00000200. The predicted octanol–water partition coefficient (Wildman–Crippen LogP) is 0.0274. The van der Waals surface area contributed by atoms with E-state index in [0.29, 0.717) is 0 Å². The molecule has 0 saturated carbocycles. The third-order valence-electron chi connectivity index (χ3n) is 2.60. The maximum Gasteiger partial charge on any atom is 1.00 e. The maximum atomic E-state index is 12.8. The molecule has 0 aliphatic heterocycles. The van der Waals surface area contributed by atoms with Gasteiger partial charge in [-0.2, -0.15) is 0 Å². The monoisotopic (exact) mass is 305 g/mol. The van der Waals surface area contributed by atoms with E-state index in [1.807, 2.05) is 13.0 Å². The van der Waals surface area contributed by atoms with Gasteiger partial charge in [-0.05, 0) is 24.6 Å². The number of ether oxygens (including phenoxy) is 1. The molecule has 0 aliphatic rings. The summed E-state index contributed by atoms with van der Waals surface area (Å²) in [7, 11) is 0. The van der Waals surface area contributed by atoms with Crippen LogP contribution in [0.4, 0.5) is 12.9 Å². The summed E-state index contributed by atoms with van der Waals surface area (Å²) in [6.45, 7) is -3.14. The number of para-hydroxylation sites is 1. The zero-order valence-corrected chi connectivity index (χ0v) is 14.4. The first-order valence-corrected chi connectivity index (χ1v) is 5.79. The van der Waals surface area contributed by atoms with Gasteiger partial charge in [0.1, 0.15) is 6.61 Å². The van der Waals surface area contributed by atoms with Gasteiger partial charge in [0.05, 0.1) is 5.75 Å². The molecule has 1 heterocycles. The van der Waals surface area contributed by atoms with Crippen molar-refractivity contribution in [2.24, 2.45) is 0 Å². The Morgan fingerprint density at radius 1 is 1.15 bits per heavy atom. The topological polar surface area (TPSA) is 22.1 Å². The molecule has 2 rings (SSSR count). The van der Waals surface area contributed by atoms with E-state index in [2.05, 4.69) is 4.98 Å². The van der Waals surface area contributed by atoms with Crippen molar-refractivity contribution in [2.75, 3.05) is 0 Å². The second kappa shape index (κ2) is 7.61. The molecule has 0 N–H and O–H groups in total. The van der Waals surface area contributed by atoms with Gasteiger partial charge in [-0.25, -0.2) is 0 Å². The third kappa shape index (κ3) is 4.89. The minimum absolute atomic E-state index is 0. The molecular weight excluding hydrogens is 293 g/mol. The van der Waals surface area contributed by atoms with Crippen LogP contribution >= 0.6 is 0 Å². The summed E-state index contributed by atoms with van der Waals surface area (Å²) >= 11 is 0. The number of hydrogen-bond acceptors (Lipinski definition) is 2. The van der Waals surface area contributed by atoms with Gasteiger partial charge >= 0.3 is 58.4 Å². The average molecular weight is 305 g/mol. The van der Waals surface area contributed by atoms with Gasteiger partial charge in [0.2, 0.25) is 0 Å². The number of pyridine rings is 1. The second-order valence-corrected chi connectivity index (χ2v) is 4.27. The summed E-state index contributed by atoms with van der Waals surface area (Å²) in [5.74, 6) is -0.142. The minimum atomic E-state index is -5.07. The Hall–Kier alpha value is -0.339. The van der Waals surface area contributed by atoms with Crippen LogP contribution in [-0.4, -0.2) is 12.0 Å². The summed E-state index contributed by atoms with van der Waals surface area (Å²) < 4.78 is 43.7. The molecule has 0 radical (unpaired) electrons. The molecule has 0 bridgehead atoms. The predicted molar refractivity (Wildman–Crippen MR) is 68.5 cm³/mol. The zero-order chi connectivity index (χ0) is 13.9. The van der Waals surface area contributed by atoms with Crippen molar-refractivity contribution in [2.45, 2.75) is 13.5 Å². The quantitative estimate of drug-likeness (QED) is 0.744. The van der Waals surface area contributed by atoms with E-state index in [0.717, 1.165) is 17.2 Å². The fraction of sp³-hybridized carbons (Fsp3) is 0.154. The van der Waals surface area contributed by atoms with E-state index in [-0.39, 0.29) is 63.7 Å². The fourth-order valence-electron chi connectivity index (χ4n) is 1.74. The molecule has 0 saturated heterocycles. The smallest absolute Gasteiger partial charge is 0.492 e. The van der Waals surface area contributed by atoms with E-state index >= 15 is 0 Å². The molecule has 20 heavy (non-hydrogen) atoms. The first-order chi connectivity index (χ1) is 8.97. The average Bonchev–Trinajstić information content (AvgIpc) is 2.36. The number of aryl methyl sites for hydroxylation is 1. The van der Waals surface area contributed by atoms with Crippen molar-refractivity contribution in [3.8, 4) is 5.75 Å². The van der Waals surface area contributed by atoms with Gasteiger partial charge in [-0.1, -0.05) is 23.7 Å². The first-order valence-electron chi connectivity index (χ1n) is 5.79. The normalized spacial score (nSPS) is 10.8. The van der Waals surface area contributed by atoms with E-state index in [1.54, 1.807) is 12.4 Å². The van der Waals surface area contributed by atoms with Gasteiger partial charge in [0.25, 0.3) is 0 Å². The SMILES string of the molecule is Cc1cncc(COc2ccccc2[B-](F)(F)F)c1.[K+]. The van der Waals surface area contributed by atoms with Crippen LogP contribution in [0, 0.1) is 6.92 Å². The third-order valence-corrected chi connectivity index (χ3v) is 2.60. The van der Waals surface area contributed by atoms with Crippen LogP contribution in [0.1, 0.15) is 11.1 Å². The molecule has 0 unspecified atom stereocenters. The Kier molecular flexibility index (Phi) is 6.74. The Morgan fingerprint density at radius 2 is 1.85 bits per heavy atom. The molecular formula is C13H12BF3KNO. The van der Waals surface area contributed by atoms with E-state index in [1.165, 1.54) is 18.2 Å². The van der Waals surface area contributed by atoms with Crippen molar-refractivity contribution in [1.82, 2.24) is 4.98 Å². The molecule has 0 fully saturated rings. The number of nitrogens with zero attached hydrogens (tertiary/aromatic N) is 1. The van der Waals surface area contributed by atoms with Crippen molar-refractivity contribution in [3.63, 3.8) is 0 Å². The number of rotatable bonds is 4. The summed E-state index contributed by atoms with van der Waals surface area (Å²) in [6.07, 6.45) is 3.25. The van der Waals surface area contributed by atoms with Crippen LogP contribution < -0.4 is 61.6 Å². The fourth-order valence-corrected chi connectivity index (χ4v) is 1.74. The summed E-state index contributed by atoms with van der Waals surface area (Å²) in [5.41, 5.74) is 0.974. The molecule has 0 amide bonds. The van der Waals surface area contributed by atoms with Gasteiger partial charge in [0, 0.05) is 18.0 Å². The van der Waals surface area contributed by atoms with Gasteiger partial charge in [-0.15, -0.1) is 0 Å². The van der Waals surface area contributed by atoms with Crippen molar-refractivity contribution < 1.29 is 69.1 Å². The van der Waals surface area contributed by atoms with Crippen LogP contribution in [0.15, 0.2) is 42.7 Å². The standard InChI is InChI=1S/C13H12BF3NO.K/c1-10-6-11(8-18-7-10)9-19-13-5-3-2-4-12(13)14(15,16)17;/h2-8H,9H2,1H3;/q-1;+1. The molecule has 0 atom stereocenters. The molecule has 1 aromatic heterocycles. The summed E-state index contributed by atoms with van der Waals surface area (Å²) in [6, 6.07) is 7.06. The van der Waals surface area contributed by atoms with Crippen molar-refractivity contribution in [3.05, 3.63) is 53.9 Å². The zero-order valence-electron chi connectivity index (χ0n) is 11.3. The Bertz CT molecular complexity index is 578. The number of hydrogen-bond donors (Lipinski definition) is 0. The summed E-state index contributed by atoms with van der Waals surface area (Å²) in [4.78, 5) is 3.97. The molecule has 1 aromatic carbocycles. The van der Waals surface area contributed by atoms with Gasteiger partial charge < -0.3 is 17.7 Å². The van der Waals surface area contributed by atoms with Crippen molar-refractivity contribution >= 4 is 12.4 Å². The number of aromatic nitrogens is 1. The van der Waals surface area contributed by atoms with E-state index in [4.69, 9.17) is 4.74 Å². The minimum Gasteiger partial charge on any atom is -0.492 e. The maximum absolute atomic E-state index is 12.8. The summed E-state index contributed by atoms with van der Waals surface area (Å²) in [5, 5.41) is 0. The second-order valence-electron chi connectivity index (χ2n) is 4.27. The Labute approximate surface area is 158 Å². The molecule has 2 nitrogen and oxygen atoms in total. The van der Waals surface area contributed by atoms with Crippen LogP contribution in [-0.2, 0) is 6.61 Å². The van der Waals surface area contributed by atoms with Crippen LogP contribution in [0.25, 0.3) is 0 Å². The van der Waals surface area contributed by atoms with Gasteiger partial charge in [0.15, 0.2) is 0 Å². The molecule has 0 aliphatic carbocycles. The molecule has 7 heteroatoms. The number of halogens is 3. The van der Waals surface area contributed by atoms with Crippen LogP contribution in [0.2, 0.25) is 0 Å². The van der Waals surface area contributed by atoms with Crippen molar-refractivity contribution in [1.29, 1.82) is 0 Å². The van der Waals surface area contributed by atoms with E-state index in [9.17, 15) is 12.9 Å². The first kappa shape index (κ1) is 17.7. The van der Waals surface area contributed by atoms with Gasteiger partial charge in [-0.3, -0.25) is 4.98 Å². The van der Waals surface area contributed by atoms with Crippen LogP contribution in [0.5, 0.6) is 5.75 Å². The number of benzene rings is 1. The Morgan fingerprint density at radius 3 is 2.50 bits per heavy atom. The molecule has 100 valence electrons. The largest absolute Gasteiger partial charge is 1.00 e. The molecule has 2 aromatic rings. The molecule has 0 spiro atoms. The van der Waals surface area contributed by atoms with Crippen LogP contribution in [0.3, 0.4) is 0 Å². The van der Waals surface area contributed by atoms with E-state index < -0.39 is 12.4 Å².